The third-order valence-corrected chi connectivity index (χ3v) is 5.07. The van der Waals surface area contributed by atoms with Crippen LogP contribution in [0.5, 0.6) is 0 Å². The molecule has 7 heteroatoms. The highest BCUT2D eigenvalue weighted by molar-refractivity contribution is 6.03. The van der Waals surface area contributed by atoms with Crippen LogP contribution in [0.15, 0.2) is 48.5 Å². The molecule has 0 aliphatic rings. The minimum absolute atomic E-state index is 0.216. The van der Waals surface area contributed by atoms with E-state index in [9.17, 15) is 4.39 Å². The molecule has 0 aliphatic carbocycles. The van der Waals surface area contributed by atoms with Gasteiger partial charge in [-0.25, -0.2) is 9.07 Å². The fraction of sp³-hybridized carbons (Fsp3) is 0.143. The third kappa shape index (κ3) is 2.55. The van der Waals surface area contributed by atoms with Gasteiger partial charge in [0.2, 0.25) is 0 Å². The number of nitrogens with zero attached hydrogens (tertiary/aromatic N) is 5. The molecule has 6 nitrogen and oxygen atoms in total. The van der Waals surface area contributed by atoms with E-state index in [0.717, 1.165) is 33.4 Å². The SMILES string of the molecule is Cc1nn(-c2nnc3c(n2)[nH]c2ccccc23)c(C)c1Cc1ccccc1F. The number of para-hydroxylation sites is 1. The van der Waals surface area contributed by atoms with Gasteiger partial charge in [-0.3, -0.25) is 0 Å². The fourth-order valence-electron chi connectivity index (χ4n) is 3.56. The van der Waals surface area contributed by atoms with Gasteiger partial charge in [-0.15, -0.1) is 10.2 Å². The molecule has 3 heterocycles. The van der Waals surface area contributed by atoms with Gasteiger partial charge in [0.25, 0.3) is 5.95 Å². The van der Waals surface area contributed by atoms with Crippen LogP contribution in [0.1, 0.15) is 22.5 Å². The zero-order chi connectivity index (χ0) is 19.3. The summed E-state index contributed by atoms with van der Waals surface area (Å²) in [6, 6.07) is 14.7. The molecule has 0 fully saturated rings. The molecule has 0 saturated heterocycles. The Hall–Kier alpha value is -3.61. The number of nitrogens with one attached hydrogen (secondary N) is 1. The molecule has 0 amide bonds. The van der Waals surface area contributed by atoms with Crippen molar-refractivity contribution in [1.29, 1.82) is 0 Å². The first kappa shape index (κ1) is 16.6. The first-order chi connectivity index (χ1) is 13.6. The van der Waals surface area contributed by atoms with E-state index >= 15 is 0 Å². The van der Waals surface area contributed by atoms with E-state index < -0.39 is 0 Å². The summed E-state index contributed by atoms with van der Waals surface area (Å²) >= 11 is 0. The molecule has 3 aromatic heterocycles. The number of aromatic nitrogens is 6. The number of rotatable bonds is 3. The Morgan fingerprint density at radius 1 is 1.00 bits per heavy atom. The average Bonchev–Trinajstić information content (AvgIpc) is 3.21. The zero-order valence-electron chi connectivity index (χ0n) is 15.4. The molecule has 5 aromatic rings. The van der Waals surface area contributed by atoms with Crippen molar-refractivity contribution >= 4 is 22.1 Å². The first-order valence-electron chi connectivity index (χ1n) is 9.02. The van der Waals surface area contributed by atoms with E-state index in [1.165, 1.54) is 6.07 Å². The maximum Gasteiger partial charge on any atom is 0.272 e. The van der Waals surface area contributed by atoms with Crippen molar-refractivity contribution < 1.29 is 4.39 Å². The van der Waals surface area contributed by atoms with E-state index in [0.29, 0.717) is 23.6 Å². The molecular weight excluding hydrogens is 355 g/mol. The summed E-state index contributed by atoms with van der Waals surface area (Å²) in [5, 5.41) is 14.2. The molecule has 0 unspecified atom stereocenters. The van der Waals surface area contributed by atoms with E-state index in [2.05, 4.69) is 25.3 Å². The molecule has 138 valence electrons. The fourth-order valence-corrected chi connectivity index (χ4v) is 3.56. The zero-order valence-corrected chi connectivity index (χ0v) is 15.4. The lowest BCUT2D eigenvalue weighted by atomic mass is 10.0. The number of hydrogen-bond acceptors (Lipinski definition) is 4. The highest BCUT2D eigenvalue weighted by atomic mass is 19.1. The standard InChI is InChI=1S/C21H17FN6/c1-12-16(11-14-7-3-5-9-17(14)22)13(2)28(27-12)21-24-20-19(25-26-21)15-8-4-6-10-18(15)23-20/h3-10H,11H2,1-2H3,(H,23,24,26). The second-order valence-corrected chi connectivity index (χ2v) is 6.81. The number of aromatic amines is 1. The van der Waals surface area contributed by atoms with E-state index in [4.69, 9.17) is 0 Å². The molecule has 0 saturated carbocycles. The van der Waals surface area contributed by atoms with Gasteiger partial charge in [-0.05, 0) is 31.5 Å². The molecule has 0 radical (unpaired) electrons. The van der Waals surface area contributed by atoms with Crippen LogP contribution in [-0.4, -0.2) is 29.9 Å². The van der Waals surface area contributed by atoms with Crippen molar-refractivity contribution in [2.75, 3.05) is 0 Å². The topological polar surface area (TPSA) is 72.3 Å². The Morgan fingerprint density at radius 2 is 1.79 bits per heavy atom. The molecule has 0 spiro atoms. The first-order valence-corrected chi connectivity index (χ1v) is 9.02. The second kappa shape index (κ2) is 6.23. The summed E-state index contributed by atoms with van der Waals surface area (Å²) in [5.74, 6) is 0.172. The molecule has 28 heavy (non-hydrogen) atoms. The van der Waals surface area contributed by atoms with Crippen molar-refractivity contribution in [3.05, 3.63) is 76.9 Å². The minimum Gasteiger partial charge on any atom is -0.338 e. The number of fused-ring (bicyclic) bond motifs is 3. The van der Waals surface area contributed by atoms with Crippen LogP contribution in [0.2, 0.25) is 0 Å². The number of H-pyrrole nitrogens is 1. The summed E-state index contributed by atoms with van der Waals surface area (Å²) < 4.78 is 15.7. The van der Waals surface area contributed by atoms with Crippen LogP contribution >= 0.6 is 0 Å². The van der Waals surface area contributed by atoms with Crippen LogP contribution in [0.4, 0.5) is 4.39 Å². The Labute approximate surface area is 160 Å². The third-order valence-electron chi connectivity index (χ3n) is 5.07. The Morgan fingerprint density at radius 3 is 2.64 bits per heavy atom. The van der Waals surface area contributed by atoms with Gasteiger partial charge < -0.3 is 4.98 Å². The maximum atomic E-state index is 14.1. The van der Waals surface area contributed by atoms with Crippen molar-refractivity contribution in [3.8, 4) is 5.95 Å². The Balaban J connectivity index is 1.60. The van der Waals surface area contributed by atoms with Gasteiger partial charge in [0, 0.05) is 28.6 Å². The lowest BCUT2D eigenvalue weighted by molar-refractivity contribution is 0.613. The predicted octanol–water partition coefficient (Wildman–Crippen LogP) is 4.04. The van der Waals surface area contributed by atoms with Crippen LogP contribution in [0.3, 0.4) is 0 Å². The lowest BCUT2D eigenvalue weighted by Gasteiger charge is -2.05. The van der Waals surface area contributed by atoms with Crippen molar-refractivity contribution in [2.45, 2.75) is 20.3 Å². The summed E-state index contributed by atoms with van der Waals surface area (Å²) in [5.41, 5.74) is 5.65. The number of hydrogen-bond donors (Lipinski definition) is 1. The summed E-state index contributed by atoms with van der Waals surface area (Å²) in [6.45, 7) is 3.85. The second-order valence-electron chi connectivity index (χ2n) is 6.81. The largest absolute Gasteiger partial charge is 0.338 e. The smallest absolute Gasteiger partial charge is 0.272 e. The summed E-state index contributed by atoms with van der Waals surface area (Å²) in [4.78, 5) is 7.89. The maximum absolute atomic E-state index is 14.1. The van der Waals surface area contributed by atoms with Gasteiger partial charge in [0.1, 0.15) is 11.3 Å². The normalized spacial score (nSPS) is 11.5. The van der Waals surface area contributed by atoms with E-state index in [-0.39, 0.29) is 5.82 Å². The van der Waals surface area contributed by atoms with Crippen LogP contribution in [0.25, 0.3) is 28.0 Å². The van der Waals surface area contributed by atoms with E-state index in [1.807, 2.05) is 44.2 Å². The quantitative estimate of drug-likeness (QED) is 0.519. The number of aryl methyl sites for hydroxylation is 1. The minimum atomic E-state index is -0.216. The van der Waals surface area contributed by atoms with E-state index in [1.54, 1.807) is 16.8 Å². The lowest BCUT2D eigenvalue weighted by Crippen LogP contribution is -2.07. The van der Waals surface area contributed by atoms with Crippen LogP contribution in [-0.2, 0) is 6.42 Å². The highest BCUT2D eigenvalue weighted by Crippen LogP contribution is 2.24. The van der Waals surface area contributed by atoms with Gasteiger partial charge >= 0.3 is 0 Å². The van der Waals surface area contributed by atoms with Gasteiger partial charge in [0.15, 0.2) is 5.65 Å². The van der Waals surface area contributed by atoms with Crippen molar-refractivity contribution in [2.24, 2.45) is 0 Å². The van der Waals surface area contributed by atoms with Gasteiger partial charge in [0.05, 0.1) is 5.69 Å². The van der Waals surface area contributed by atoms with Crippen molar-refractivity contribution in [3.63, 3.8) is 0 Å². The summed E-state index contributed by atoms with van der Waals surface area (Å²) in [7, 11) is 0. The molecule has 5 rings (SSSR count). The molecule has 2 aromatic carbocycles. The van der Waals surface area contributed by atoms with Crippen LogP contribution in [0, 0.1) is 19.7 Å². The number of benzene rings is 2. The van der Waals surface area contributed by atoms with Crippen molar-refractivity contribution in [1.82, 2.24) is 29.9 Å². The monoisotopic (exact) mass is 372 g/mol. The molecule has 1 N–H and O–H groups in total. The molecule has 0 bridgehead atoms. The summed E-state index contributed by atoms with van der Waals surface area (Å²) in [6.07, 6.45) is 0.465. The van der Waals surface area contributed by atoms with Crippen LogP contribution < -0.4 is 0 Å². The predicted molar refractivity (Wildman–Crippen MR) is 105 cm³/mol. The molecule has 0 aliphatic heterocycles. The average molecular weight is 372 g/mol. The Kier molecular flexibility index (Phi) is 3.68. The van der Waals surface area contributed by atoms with Gasteiger partial charge in [-0.2, -0.15) is 10.1 Å². The Bertz CT molecular complexity index is 1330. The highest BCUT2D eigenvalue weighted by Gasteiger charge is 2.17. The molecule has 0 atom stereocenters. The van der Waals surface area contributed by atoms with Gasteiger partial charge in [-0.1, -0.05) is 36.4 Å². The molecular formula is C21H17FN6. The number of halogens is 1.